The Bertz CT molecular complexity index is 718. The molecule has 1 atom stereocenters. The first-order valence-electron chi connectivity index (χ1n) is 8.59. The molecular formula is C19H25N3O3. The van der Waals surface area contributed by atoms with Gasteiger partial charge in [0, 0.05) is 50.7 Å². The lowest BCUT2D eigenvalue weighted by molar-refractivity contribution is 0.0555. The van der Waals surface area contributed by atoms with E-state index in [1.165, 1.54) is 0 Å². The molecule has 25 heavy (non-hydrogen) atoms. The molecule has 1 saturated heterocycles. The van der Waals surface area contributed by atoms with E-state index in [1.54, 1.807) is 20.2 Å². The molecule has 1 aromatic heterocycles. The number of H-pyrrole nitrogens is 1. The number of piperazine rings is 1. The fourth-order valence-electron chi connectivity index (χ4n) is 3.25. The number of aliphatic hydroxyl groups is 1. The molecule has 0 aliphatic carbocycles. The van der Waals surface area contributed by atoms with Gasteiger partial charge < -0.3 is 19.7 Å². The van der Waals surface area contributed by atoms with Crippen molar-refractivity contribution >= 4 is 5.91 Å². The molecule has 1 aromatic carbocycles. The van der Waals surface area contributed by atoms with Gasteiger partial charge in [-0.2, -0.15) is 0 Å². The Balaban J connectivity index is 1.73. The van der Waals surface area contributed by atoms with Gasteiger partial charge in [0.1, 0.15) is 5.75 Å². The van der Waals surface area contributed by atoms with E-state index < -0.39 is 0 Å². The van der Waals surface area contributed by atoms with Crippen molar-refractivity contribution in [2.75, 3.05) is 39.8 Å². The van der Waals surface area contributed by atoms with E-state index in [4.69, 9.17) is 4.74 Å². The molecular weight excluding hydrogens is 318 g/mol. The van der Waals surface area contributed by atoms with Crippen molar-refractivity contribution in [2.45, 2.75) is 13.0 Å². The van der Waals surface area contributed by atoms with Crippen LogP contribution < -0.4 is 4.74 Å². The van der Waals surface area contributed by atoms with Crippen LogP contribution in [-0.4, -0.2) is 71.7 Å². The molecule has 2 aromatic rings. The van der Waals surface area contributed by atoms with E-state index in [0.717, 1.165) is 30.0 Å². The predicted molar refractivity (Wildman–Crippen MR) is 96.8 cm³/mol. The third-order valence-electron chi connectivity index (χ3n) is 4.54. The number of aromatic amines is 1. The Morgan fingerprint density at radius 1 is 1.28 bits per heavy atom. The first-order valence-corrected chi connectivity index (χ1v) is 8.59. The molecule has 0 spiro atoms. The molecule has 1 fully saturated rings. The van der Waals surface area contributed by atoms with E-state index in [9.17, 15) is 9.90 Å². The number of amides is 1. The summed E-state index contributed by atoms with van der Waals surface area (Å²) in [5.74, 6) is 0.805. The van der Waals surface area contributed by atoms with Crippen molar-refractivity contribution in [1.29, 1.82) is 0 Å². The molecule has 3 rings (SSSR count). The van der Waals surface area contributed by atoms with Gasteiger partial charge in [-0.05, 0) is 24.6 Å². The number of hydrogen-bond donors (Lipinski definition) is 2. The Morgan fingerprint density at radius 2 is 2.04 bits per heavy atom. The molecule has 0 radical (unpaired) electrons. The zero-order valence-electron chi connectivity index (χ0n) is 14.7. The number of carbonyl (C=O) groups is 1. The summed E-state index contributed by atoms with van der Waals surface area (Å²) in [5.41, 5.74) is 2.52. The summed E-state index contributed by atoms with van der Waals surface area (Å²) in [6.45, 7) is 5.37. The van der Waals surface area contributed by atoms with Gasteiger partial charge in [0.15, 0.2) is 0 Å². The van der Waals surface area contributed by atoms with Crippen molar-refractivity contribution in [3.63, 3.8) is 0 Å². The van der Waals surface area contributed by atoms with Crippen LogP contribution in [0.5, 0.6) is 5.75 Å². The Morgan fingerprint density at radius 3 is 2.72 bits per heavy atom. The smallest absolute Gasteiger partial charge is 0.256 e. The van der Waals surface area contributed by atoms with Crippen molar-refractivity contribution in [1.82, 2.24) is 14.8 Å². The summed E-state index contributed by atoms with van der Waals surface area (Å²) in [4.78, 5) is 20.1. The van der Waals surface area contributed by atoms with Gasteiger partial charge in [0.05, 0.1) is 18.8 Å². The van der Waals surface area contributed by atoms with E-state index in [-0.39, 0.29) is 12.0 Å². The molecule has 134 valence electrons. The van der Waals surface area contributed by atoms with Gasteiger partial charge in [0.2, 0.25) is 0 Å². The lowest BCUT2D eigenvalue weighted by Gasteiger charge is -2.35. The number of aromatic nitrogens is 1. The zero-order chi connectivity index (χ0) is 17.8. The van der Waals surface area contributed by atoms with Crippen LogP contribution in [0.15, 0.2) is 36.7 Å². The maximum absolute atomic E-state index is 12.9. The molecule has 1 aliphatic heterocycles. The fraction of sp³-hybridized carbons (Fsp3) is 0.421. The summed E-state index contributed by atoms with van der Waals surface area (Å²) in [6, 6.07) is 7.72. The van der Waals surface area contributed by atoms with Crippen LogP contribution in [-0.2, 0) is 0 Å². The van der Waals surface area contributed by atoms with E-state index >= 15 is 0 Å². The summed E-state index contributed by atoms with van der Waals surface area (Å²) in [6.07, 6.45) is 3.27. The average molecular weight is 343 g/mol. The van der Waals surface area contributed by atoms with E-state index in [0.29, 0.717) is 25.2 Å². The highest BCUT2D eigenvalue weighted by Gasteiger charge is 2.25. The number of rotatable bonds is 5. The highest BCUT2D eigenvalue weighted by Crippen LogP contribution is 2.28. The second-order valence-electron chi connectivity index (χ2n) is 6.46. The monoisotopic (exact) mass is 343 g/mol. The summed E-state index contributed by atoms with van der Waals surface area (Å²) < 4.78 is 5.28. The number of β-amino-alcohol motifs (C(OH)–C–C–N with tert-alkyl or cyclic N) is 1. The molecule has 2 N–H and O–H groups in total. The van der Waals surface area contributed by atoms with Crippen LogP contribution in [0.25, 0.3) is 11.1 Å². The van der Waals surface area contributed by atoms with Crippen LogP contribution in [0.3, 0.4) is 0 Å². The summed E-state index contributed by atoms with van der Waals surface area (Å²) >= 11 is 0. The van der Waals surface area contributed by atoms with Crippen LogP contribution in [0.4, 0.5) is 0 Å². The Kier molecular flexibility index (Phi) is 5.40. The van der Waals surface area contributed by atoms with Crippen molar-refractivity contribution in [3.05, 3.63) is 42.2 Å². The Labute approximate surface area is 148 Å². The average Bonchev–Trinajstić information content (AvgIpc) is 3.11. The number of nitrogens with zero attached hydrogens (tertiary/aromatic N) is 2. The van der Waals surface area contributed by atoms with Gasteiger partial charge in [0.25, 0.3) is 5.91 Å². The van der Waals surface area contributed by atoms with Crippen LogP contribution in [0.2, 0.25) is 0 Å². The van der Waals surface area contributed by atoms with Crippen molar-refractivity contribution in [3.8, 4) is 16.9 Å². The normalized spacial score (nSPS) is 16.7. The Hall–Kier alpha value is -2.31. The number of aliphatic hydroxyl groups excluding tert-OH is 1. The number of carbonyl (C=O) groups excluding carboxylic acids is 1. The zero-order valence-corrected chi connectivity index (χ0v) is 14.7. The summed E-state index contributed by atoms with van der Waals surface area (Å²) in [5, 5.41) is 9.50. The lowest BCUT2D eigenvalue weighted by Crippen LogP contribution is -2.50. The number of hydrogen-bond acceptors (Lipinski definition) is 4. The van der Waals surface area contributed by atoms with Crippen molar-refractivity contribution < 1.29 is 14.6 Å². The topological polar surface area (TPSA) is 68.8 Å². The van der Waals surface area contributed by atoms with Gasteiger partial charge >= 0.3 is 0 Å². The number of nitrogens with one attached hydrogen (secondary N) is 1. The number of methoxy groups -OCH3 is 1. The molecule has 0 unspecified atom stereocenters. The lowest BCUT2D eigenvalue weighted by atomic mass is 10.0. The summed E-state index contributed by atoms with van der Waals surface area (Å²) in [7, 11) is 1.63. The van der Waals surface area contributed by atoms with Gasteiger partial charge in [-0.25, -0.2) is 0 Å². The highest BCUT2D eigenvalue weighted by atomic mass is 16.5. The molecule has 0 bridgehead atoms. The molecule has 1 amide bonds. The van der Waals surface area contributed by atoms with Gasteiger partial charge in [-0.15, -0.1) is 0 Å². The minimum absolute atomic E-state index is 0.0377. The molecule has 2 heterocycles. The number of benzene rings is 1. The maximum Gasteiger partial charge on any atom is 0.256 e. The first kappa shape index (κ1) is 17.5. The highest BCUT2D eigenvalue weighted by molar-refractivity contribution is 6.01. The predicted octanol–water partition coefficient (Wildman–Crippen LogP) is 1.83. The van der Waals surface area contributed by atoms with Gasteiger partial charge in [-0.1, -0.05) is 12.1 Å². The van der Waals surface area contributed by atoms with E-state index in [1.807, 2.05) is 35.4 Å². The third kappa shape index (κ3) is 4.03. The van der Waals surface area contributed by atoms with Crippen LogP contribution >= 0.6 is 0 Å². The number of ether oxygens (including phenoxy) is 1. The molecule has 6 heteroatoms. The first-order chi connectivity index (χ1) is 12.1. The standard InChI is InChI=1S/C19H25N3O3/c1-14(23)13-21-6-8-22(9-7-21)19(24)18-12-20-11-17(18)15-4-3-5-16(10-15)25-2/h3-5,10-12,14,20,23H,6-9,13H2,1-2H3/t14-/m0/s1. The quantitative estimate of drug-likeness (QED) is 0.869. The second-order valence-corrected chi connectivity index (χ2v) is 6.46. The van der Waals surface area contributed by atoms with Crippen LogP contribution in [0, 0.1) is 0 Å². The SMILES string of the molecule is COc1cccc(-c2c[nH]cc2C(=O)N2CCN(C[C@H](C)O)CC2)c1. The molecule has 1 aliphatic rings. The second kappa shape index (κ2) is 7.72. The maximum atomic E-state index is 12.9. The largest absolute Gasteiger partial charge is 0.497 e. The molecule has 0 saturated carbocycles. The molecule has 6 nitrogen and oxygen atoms in total. The third-order valence-corrected chi connectivity index (χ3v) is 4.54. The van der Waals surface area contributed by atoms with Crippen molar-refractivity contribution in [2.24, 2.45) is 0 Å². The minimum atomic E-state index is -0.341. The van der Waals surface area contributed by atoms with Gasteiger partial charge in [-0.3, -0.25) is 9.69 Å². The fourth-order valence-corrected chi connectivity index (χ4v) is 3.25. The minimum Gasteiger partial charge on any atom is -0.497 e. The van der Waals surface area contributed by atoms with E-state index in [2.05, 4.69) is 9.88 Å². The van der Waals surface area contributed by atoms with Crippen LogP contribution in [0.1, 0.15) is 17.3 Å².